The van der Waals surface area contributed by atoms with Crippen LogP contribution in [0.2, 0.25) is 0 Å². The van der Waals surface area contributed by atoms with Crippen LogP contribution >= 0.6 is 0 Å². The third-order valence-corrected chi connectivity index (χ3v) is 5.06. The summed E-state index contributed by atoms with van der Waals surface area (Å²) >= 11 is 0. The number of hydrogen-bond acceptors (Lipinski definition) is 3. The van der Waals surface area contributed by atoms with Crippen LogP contribution in [0.4, 0.5) is 5.82 Å². The van der Waals surface area contributed by atoms with Gasteiger partial charge in [0.15, 0.2) is 0 Å². The summed E-state index contributed by atoms with van der Waals surface area (Å²) in [6.07, 6.45) is 3.78. The molecule has 126 valence electrons. The van der Waals surface area contributed by atoms with Crippen LogP contribution in [0.15, 0.2) is 42.6 Å². The molecule has 24 heavy (non-hydrogen) atoms. The number of amides is 1. The lowest BCUT2D eigenvalue weighted by atomic mass is 10.0. The van der Waals surface area contributed by atoms with Crippen molar-refractivity contribution in [2.45, 2.75) is 32.7 Å². The van der Waals surface area contributed by atoms with Crippen molar-refractivity contribution in [3.63, 3.8) is 0 Å². The SMILES string of the molecule is Cc1ccc(C(=O)N2CCC(N(C)c3ccccn3)CC2)cc1C. The molecule has 4 nitrogen and oxygen atoms in total. The Bertz CT molecular complexity index is 706. The number of nitrogens with zero attached hydrogens (tertiary/aromatic N) is 3. The number of likely N-dealkylation sites (tertiary alicyclic amines) is 1. The van der Waals surface area contributed by atoms with Crippen molar-refractivity contribution < 1.29 is 4.79 Å². The van der Waals surface area contributed by atoms with E-state index >= 15 is 0 Å². The zero-order valence-electron chi connectivity index (χ0n) is 14.7. The molecule has 2 aromatic rings. The lowest BCUT2D eigenvalue weighted by Gasteiger charge is -2.37. The normalized spacial score (nSPS) is 15.4. The number of aryl methyl sites for hydroxylation is 2. The van der Waals surface area contributed by atoms with Gasteiger partial charge in [-0.3, -0.25) is 4.79 Å². The van der Waals surface area contributed by atoms with E-state index < -0.39 is 0 Å². The number of benzene rings is 1. The average molecular weight is 323 g/mol. The van der Waals surface area contributed by atoms with Gasteiger partial charge in [-0.2, -0.15) is 0 Å². The molecule has 0 spiro atoms. The summed E-state index contributed by atoms with van der Waals surface area (Å²) in [5.41, 5.74) is 3.20. The highest BCUT2D eigenvalue weighted by atomic mass is 16.2. The molecule has 1 aromatic heterocycles. The minimum atomic E-state index is 0.150. The quantitative estimate of drug-likeness (QED) is 0.868. The van der Waals surface area contributed by atoms with Gasteiger partial charge in [-0.1, -0.05) is 12.1 Å². The predicted molar refractivity (Wildman–Crippen MR) is 97.5 cm³/mol. The van der Waals surface area contributed by atoms with Crippen LogP contribution < -0.4 is 4.90 Å². The van der Waals surface area contributed by atoms with Crippen molar-refractivity contribution in [1.29, 1.82) is 0 Å². The van der Waals surface area contributed by atoms with Crippen molar-refractivity contribution in [3.8, 4) is 0 Å². The fourth-order valence-electron chi connectivity index (χ4n) is 3.26. The van der Waals surface area contributed by atoms with Crippen LogP contribution in [0.1, 0.15) is 34.3 Å². The molecule has 0 N–H and O–H groups in total. The Hall–Kier alpha value is -2.36. The molecule has 0 aliphatic carbocycles. The molecule has 1 amide bonds. The van der Waals surface area contributed by atoms with Gasteiger partial charge in [-0.05, 0) is 62.1 Å². The molecule has 0 saturated carbocycles. The van der Waals surface area contributed by atoms with Crippen molar-refractivity contribution >= 4 is 11.7 Å². The summed E-state index contributed by atoms with van der Waals surface area (Å²) in [6.45, 7) is 5.73. The van der Waals surface area contributed by atoms with E-state index in [0.29, 0.717) is 6.04 Å². The van der Waals surface area contributed by atoms with Crippen LogP contribution in [0, 0.1) is 13.8 Å². The van der Waals surface area contributed by atoms with Gasteiger partial charge in [0, 0.05) is 37.9 Å². The van der Waals surface area contributed by atoms with E-state index in [2.05, 4.69) is 30.8 Å². The highest BCUT2D eigenvalue weighted by Gasteiger charge is 2.26. The summed E-state index contributed by atoms with van der Waals surface area (Å²) < 4.78 is 0. The van der Waals surface area contributed by atoms with Crippen molar-refractivity contribution in [3.05, 3.63) is 59.3 Å². The molecule has 1 saturated heterocycles. The summed E-state index contributed by atoms with van der Waals surface area (Å²) in [7, 11) is 2.09. The Morgan fingerprint density at radius 3 is 2.50 bits per heavy atom. The Balaban J connectivity index is 1.62. The number of rotatable bonds is 3. The Morgan fingerprint density at radius 1 is 1.12 bits per heavy atom. The van der Waals surface area contributed by atoms with Gasteiger partial charge in [0.25, 0.3) is 5.91 Å². The maximum Gasteiger partial charge on any atom is 0.253 e. The lowest BCUT2D eigenvalue weighted by Crippen LogP contribution is -2.45. The van der Waals surface area contributed by atoms with Crippen LogP contribution in [0.3, 0.4) is 0 Å². The van der Waals surface area contributed by atoms with Gasteiger partial charge in [0.2, 0.25) is 0 Å². The first-order valence-corrected chi connectivity index (χ1v) is 8.56. The molecular formula is C20H25N3O. The van der Waals surface area contributed by atoms with E-state index in [1.165, 1.54) is 11.1 Å². The molecular weight excluding hydrogens is 298 g/mol. The van der Waals surface area contributed by atoms with Crippen molar-refractivity contribution in [2.24, 2.45) is 0 Å². The zero-order valence-corrected chi connectivity index (χ0v) is 14.7. The molecule has 1 aliphatic heterocycles. The standard InChI is InChI=1S/C20H25N3O/c1-15-7-8-17(14-16(15)2)20(24)23-12-9-18(10-13-23)22(3)19-6-4-5-11-21-19/h4-8,11,14,18H,9-10,12-13H2,1-3H3. The third-order valence-electron chi connectivity index (χ3n) is 5.06. The number of hydrogen-bond donors (Lipinski definition) is 0. The van der Waals surface area contributed by atoms with E-state index in [9.17, 15) is 4.79 Å². The monoisotopic (exact) mass is 323 g/mol. The minimum absolute atomic E-state index is 0.150. The van der Waals surface area contributed by atoms with Crippen LogP contribution in [0.25, 0.3) is 0 Å². The molecule has 1 fully saturated rings. The van der Waals surface area contributed by atoms with Gasteiger partial charge in [0.05, 0.1) is 0 Å². The Labute approximate surface area is 144 Å². The van der Waals surface area contributed by atoms with E-state index in [-0.39, 0.29) is 5.91 Å². The minimum Gasteiger partial charge on any atom is -0.357 e. The molecule has 2 heterocycles. The molecule has 1 aromatic carbocycles. The fourth-order valence-corrected chi connectivity index (χ4v) is 3.26. The first-order valence-electron chi connectivity index (χ1n) is 8.56. The van der Waals surface area contributed by atoms with E-state index in [0.717, 1.165) is 37.3 Å². The predicted octanol–water partition coefficient (Wildman–Crippen LogP) is 3.44. The summed E-state index contributed by atoms with van der Waals surface area (Å²) in [5.74, 6) is 1.15. The number of pyridine rings is 1. The molecule has 0 bridgehead atoms. The number of carbonyl (C=O) groups excluding carboxylic acids is 1. The maximum absolute atomic E-state index is 12.7. The fraction of sp³-hybridized carbons (Fsp3) is 0.400. The van der Waals surface area contributed by atoms with Gasteiger partial charge in [-0.15, -0.1) is 0 Å². The maximum atomic E-state index is 12.7. The highest BCUT2D eigenvalue weighted by Crippen LogP contribution is 2.22. The van der Waals surface area contributed by atoms with Gasteiger partial charge >= 0.3 is 0 Å². The van der Waals surface area contributed by atoms with Crippen LogP contribution in [-0.4, -0.2) is 42.0 Å². The van der Waals surface area contributed by atoms with Crippen molar-refractivity contribution in [2.75, 3.05) is 25.0 Å². The number of piperidine rings is 1. The highest BCUT2D eigenvalue weighted by molar-refractivity contribution is 5.94. The summed E-state index contributed by atoms with van der Waals surface area (Å²) in [4.78, 5) is 21.3. The van der Waals surface area contributed by atoms with Crippen LogP contribution in [0.5, 0.6) is 0 Å². The smallest absolute Gasteiger partial charge is 0.253 e. The number of anilines is 1. The molecule has 1 aliphatic rings. The summed E-state index contributed by atoms with van der Waals surface area (Å²) in [5, 5.41) is 0. The second-order valence-corrected chi connectivity index (χ2v) is 6.62. The molecule has 3 rings (SSSR count). The first-order chi connectivity index (χ1) is 11.6. The molecule has 0 radical (unpaired) electrons. The third kappa shape index (κ3) is 3.42. The van der Waals surface area contributed by atoms with E-state index in [4.69, 9.17) is 0 Å². The van der Waals surface area contributed by atoms with E-state index in [1.807, 2.05) is 47.5 Å². The largest absolute Gasteiger partial charge is 0.357 e. The Kier molecular flexibility index (Phi) is 4.84. The Morgan fingerprint density at radius 2 is 1.88 bits per heavy atom. The average Bonchev–Trinajstić information content (AvgIpc) is 2.63. The molecule has 0 atom stereocenters. The second-order valence-electron chi connectivity index (χ2n) is 6.62. The zero-order chi connectivity index (χ0) is 17.1. The number of aromatic nitrogens is 1. The topological polar surface area (TPSA) is 36.4 Å². The van der Waals surface area contributed by atoms with Crippen molar-refractivity contribution in [1.82, 2.24) is 9.88 Å². The molecule has 4 heteroatoms. The molecule has 0 unspecified atom stereocenters. The van der Waals surface area contributed by atoms with Gasteiger partial charge in [-0.25, -0.2) is 4.98 Å². The lowest BCUT2D eigenvalue weighted by molar-refractivity contribution is 0.0713. The first kappa shape index (κ1) is 16.5. The van der Waals surface area contributed by atoms with Gasteiger partial charge < -0.3 is 9.80 Å². The summed E-state index contributed by atoms with van der Waals surface area (Å²) in [6, 6.07) is 12.4. The van der Waals surface area contributed by atoms with Gasteiger partial charge in [0.1, 0.15) is 5.82 Å². The number of carbonyl (C=O) groups is 1. The van der Waals surface area contributed by atoms with E-state index in [1.54, 1.807) is 0 Å². The van der Waals surface area contributed by atoms with Crippen LogP contribution in [-0.2, 0) is 0 Å². The second kappa shape index (κ2) is 7.04.